The molecule has 0 radical (unpaired) electrons. The molecular weight excluding hydrogens is 369 g/mol. The van der Waals surface area contributed by atoms with Gasteiger partial charge in [-0.25, -0.2) is 4.39 Å². The molecule has 4 aromatic rings. The van der Waals surface area contributed by atoms with Crippen LogP contribution < -0.4 is 0 Å². The smallest absolute Gasteiger partial charge is 0.303 e. The van der Waals surface area contributed by atoms with Crippen molar-refractivity contribution in [3.05, 3.63) is 58.7 Å². The van der Waals surface area contributed by atoms with Crippen molar-refractivity contribution >= 4 is 27.8 Å². The lowest BCUT2D eigenvalue weighted by molar-refractivity contribution is -0.136. The van der Waals surface area contributed by atoms with Crippen LogP contribution in [-0.2, 0) is 11.2 Å². The van der Waals surface area contributed by atoms with Crippen LogP contribution in [0.2, 0.25) is 0 Å². The molecule has 6 heteroatoms. The summed E-state index contributed by atoms with van der Waals surface area (Å²) in [6.07, 6.45) is 2.29. The summed E-state index contributed by atoms with van der Waals surface area (Å²) in [5.41, 5.74) is 6.55. The van der Waals surface area contributed by atoms with Crippen LogP contribution in [0.4, 0.5) is 4.39 Å². The molecule has 29 heavy (non-hydrogen) atoms. The van der Waals surface area contributed by atoms with Crippen molar-refractivity contribution in [3.63, 3.8) is 0 Å². The molecule has 0 aliphatic rings. The number of aromatic amines is 1. The number of halogens is 1. The molecule has 0 amide bonds. The monoisotopic (exact) mass is 393 g/mol. The Kier molecular flexibility index (Phi) is 4.65. The zero-order chi connectivity index (χ0) is 20.9. The van der Waals surface area contributed by atoms with E-state index < -0.39 is 5.97 Å². The minimum absolute atomic E-state index is 0.0573. The predicted octanol–water partition coefficient (Wildman–Crippen LogP) is 5.40. The summed E-state index contributed by atoms with van der Waals surface area (Å²) < 4.78 is 16.1. The molecule has 2 aromatic heterocycles. The van der Waals surface area contributed by atoms with E-state index in [2.05, 4.69) is 34.7 Å². The molecule has 0 aliphatic carbocycles. The Morgan fingerprint density at radius 2 is 2.03 bits per heavy atom. The maximum Gasteiger partial charge on any atom is 0.303 e. The lowest BCUT2D eigenvalue weighted by Crippen LogP contribution is -2.06. The van der Waals surface area contributed by atoms with Gasteiger partial charge in [0, 0.05) is 28.6 Å². The number of nitrogens with one attached hydrogen (secondary N) is 1. The summed E-state index contributed by atoms with van der Waals surface area (Å²) in [5, 5.41) is 18.6. The van der Waals surface area contributed by atoms with E-state index in [9.17, 15) is 14.3 Å². The van der Waals surface area contributed by atoms with Crippen LogP contribution in [0.15, 0.2) is 30.5 Å². The van der Waals surface area contributed by atoms with Crippen molar-refractivity contribution in [3.8, 4) is 5.69 Å². The number of carboxylic acids is 1. The molecule has 4 rings (SSSR count). The number of benzene rings is 2. The van der Waals surface area contributed by atoms with Gasteiger partial charge >= 0.3 is 5.97 Å². The van der Waals surface area contributed by atoms with Gasteiger partial charge in [-0.05, 0) is 67.1 Å². The number of hydrogen-bond donors (Lipinski definition) is 2. The Labute approximate surface area is 168 Å². The first-order valence-electron chi connectivity index (χ1n) is 9.77. The zero-order valence-electron chi connectivity index (χ0n) is 17.0. The maximum atomic E-state index is 13.9. The molecule has 0 fully saturated rings. The molecule has 2 aromatic carbocycles. The number of nitrogens with zero attached hydrogens (tertiary/aromatic N) is 2. The fourth-order valence-electron chi connectivity index (χ4n) is 4.33. The number of hydrogen-bond acceptors (Lipinski definition) is 2. The Morgan fingerprint density at radius 1 is 1.28 bits per heavy atom. The Bertz CT molecular complexity index is 1250. The van der Waals surface area contributed by atoms with Crippen molar-refractivity contribution in [2.24, 2.45) is 0 Å². The number of H-pyrrole nitrogens is 1. The summed E-state index contributed by atoms with van der Waals surface area (Å²) >= 11 is 0. The van der Waals surface area contributed by atoms with E-state index in [-0.39, 0.29) is 18.2 Å². The molecule has 0 bridgehead atoms. The van der Waals surface area contributed by atoms with Gasteiger partial charge in [-0.1, -0.05) is 13.8 Å². The van der Waals surface area contributed by atoms with Gasteiger partial charge in [0.25, 0.3) is 0 Å². The van der Waals surface area contributed by atoms with Crippen LogP contribution >= 0.6 is 0 Å². The van der Waals surface area contributed by atoms with Gasteiger partial charge in [-0.15, -0.1) is 0 Å². The third-order valence-corrected chi connectivity index (χ3v) is 5.60. The number of fused-ring (bicyclic) bond motifs is 2. The molecule has 0 saturated heterocycles. The summed E-state index contributed by atoms with van der Waals surface area (Å²) in [6, 6.07) is 7.19. The largest absolute Gasteiger partial charge is 0.481 e. The number of carboxylic acid groups (broad SMARTS) is 1. The normalized spacial score (nSPS) is 11.8. The van der Waals surface area contributed by atoms with Crippen LogP contribution in [0.1, 0.15) is 48.6 Å². The number of aromatic nitrogens is 3. The zero-order valence-corrected chi connectivity index (χ0v) is 17.0. The van der Waals surface area contributed by atoms with E-state index in [1.165, 1.54) is 6.07 Å². The number of aryl methyl sites for hydroxylation is 3. The molecular formula is C23H24FN3O2. The van der Waals surface area contributed by atoms with Crippen molar-refractivity contribution < 1.29 is 14.3 Å². The summed E-state index contributed by atoms with van der Waals surface area (Å²) in [6.45, 7) is 8.00. The molecule has 150 valence electrons. The van der Waals surface area contributed by atoms with E-state index in [0.29, 0.717) is 12.0 Å². The molecule has 5 nitrogen and oxygen atoms in total. The summed E-state index contributed by atoms with van der Waals surface area (Å²) in [7, 11) is 0. The molecule has 0 aliphatic heterocycles. The Balaban J connectivity index is 2.14. The van der Waals surface area contributed by atoms with Crippen LogP contribution in [0.5, 0.6) is 0 Å². The van der Waals surface area contributed by atoms with Gasteiger partial charge in [0.1, 0.15) is 5.82 Å². The summed E-state index contributed by atoms with van der Waals surface area (Å²) in [5.74, 6) is -0.901. The Morgan fingerprint density at radius 3 is 2.69 bits per heavy atom. The second-order valence-corrected chi connectivity index (χ2v) is 7.91. The number of aliphatic carboxylic acids is 1. The van der Waals surface area contributed by atoms with E-state index in [1.807, 2.05) is 13.0 Å². The van der Waals surface area contributed by atoms with Gasteiger partial charge in [0.15, 0.2) is 0 Å². The van der Waals surface area contributed by atoms with Gasteiger partial charge < -0.3 is 9.67 Å². The minimum atomic E-state index is -0.821. The highest BCUT2D eigenvalue weighted by atomic mass is 19.1. The van der Waals surface area contributed by atoms with Crippen LogP contribution in [0.25, 0.3) is 27.5 Å². The molecule has 2 heterocycles. The third-order valence-electron chi connectivity index (χ3n) is 5.60. The van der Waals surface area contributed by atoms with Crippen molar-refractivity contribution in [1.82, 2.24) is 14.8 Å². The van der Waals surface area contributed by atoms with E-state index in [0.717, 1.165) is 44.3 Å². The molecule has 2 N–H and O–H groups in total. The van der Waals surface area contributed by atoms with Gasteiger partial charge in [-0.2, -0.15) is 5.10 Å². The molecule has 0 unspecified atom stereocenters. The van der Waals surface area contributed by atoms with Gasteiger partial charge in [-0.3, -0.25) is 9.89 Å². The predicted molar refractivity (Wildman–Crippen MR) is 112 cm³/mol. The topological polar surface area (TPSA) is 70.9 Å². The highest BCUT2D eigenvalue weighted by Gasteiger charge is 2.24. The quantitative estimate of drug-likeness (QED) is 0.477. The van der Waals surface area contributed by atoms with Crippen molar-refractivity contribution in [2.45, 2.75) is 46.5 Å². The van der Waals surface area contributed by atoms with Crippen LogP contribution in [0, 0.1) is 19.7 Å². The average molecular weight is 393 g/mol. The minimum Gasteiger partial charge on any atom is -0.481 e. The molecule has 0 spiro atoms. The van der Waals surface area contributed by atoms with Crippen molar-refractivity contribution in [1.29, 1.82) is 0 Å². The summed E-state index contributed by atoms with van der Waals surface area (Å²) in [4.78, 5) is 11.3. The highest BCUT2D eigenvalue weighted by Crippen LogP contribution is 2.39. The SMILES string of the molecule is Cc1cc(-n2c(C(C)C)c(CCC(=O)O)c3c(C)c4[nH]ncc4cc32)ccc1F. The Hall–Kier alpha value is -3.15. The lowest BCUT2D eigenvalue weighted by atomic mass is 9.96. The van der Waals surface area contributed by atoms with E-state index in [4.69, 9.17) is 0 Å². The fraction of sp³-hybridized carbons (Fsp3) is 0.304. The van der Waals surface area contributed by atoms with Gasteiger partial charge in [0.2, 0.25) is 0 Å². The van der Waals surface area contributed by atoms with E-state index in [1.54, 1.807) is 19.2 Å². The average Bonchev–Trinajstić information content (AvgIpc) is 3.25. The third kappa shape index (κ3) is 3.09. The van der Waals surface area contributed by atoms with Crippen LogP contribution in [-0.4, -0.2) is 25.8 Å². The molecule has 0 saturated carbocycles. The molecule has 0 atom stereocenters. The number of rotatable bonds is 5. The standard InChI is InChI=1S/C23H24FN3O2/c1-12(2)23-17(6-8-20(28)29)21-14(4)22-15(11-25-26-22)10-19(21)27(23)16-5-7-18(24)13(3)9-16/h5,7,9-12H,6,8H2,1-4H3,(H,25,26)(H,28,29). The first-order chi connectivity index (χ1) is 13.8. The highest BCUT2D eigenvalue weighted by molar-refractivity contribution is 6.02. The van der Waals surface area contributed by atoms with E-state index >= 15 is 0 Å². The first-order valence-corrected chi connectivity index (χ1v) is 9.77. The lowest BCUT2D eigenvalue weighted by Gasteiger charge is -2.16. The second-order valence-electron chi connectivity index (χ2n) is 7.91. The van der Waals surface area contributed by atoms with Crippen molar-refractivity contribution in [2.75, 3.05) is 0 Å². The number of carbonyl (C=O) groups is 1. The first kappa shape index (κ1) is 19.2. The maximum absolute atomic E-state index is 13.9. The van der Waals surface area contributed by atoms with Gasteiger partial charge in [0.05, 0.1) is 17.2 Å². The fourth-order valence-corrected chi connectivity index (χ4v) is 4.33. The second kappa shape index (κ2) is 7.03. The van der Waals surface area contributed by atoms with Crippen LogP contribution in [0.3, 0.4) is 0 Å².